The average molecular weight is 330 g/mol. The van der Waals surface area contributed by atoms with Crippen molar-refractivity contribution < 1.29 is 18.4 Å². The summed E-state index contributed by atoms with van der Waals surface area (Å²) in [4.78, 5) is 26.5. The number of carbonyl (C=O) groups excluding carboxylic acids is 2. The van der Waals surface area contributed by atoms with Crippen molar-refractivity contribution in [1.82, 2.24) is 4.90 Å². The smallest absolute Gasteiger partial charge is 0.289 e. The lowest BCUT2D eigenvalue weighted by molar-refractivity contribution is -0.121. The first-order valence-electron chi connectivity index (χ1n) is 7.94. The molecule has 0 saturated carbocycles. The summed E-state index contributed by atoms with van der Waals surface area (Å²) in [7, 11) is 0. The topological polar surface area (TPSA) is 62.6 Å². The zero-order chi connectivity index (χ0) is 17.1. The van der Waals surface area contributed by atoms with Gasteiger partial charge in [0.1, 0.15) is 5.82 Å². The van der Waals surface area contributed by atoms with Crippen molar-refractivity contribution in [3.63, 3.8) is 0 Å². The number of hydrogen-bond donors (Lipinski definition) is 1. The maximum atomic E-state index is 13.4. The Hall–Kier alpha value is -2.63. The zero-order valence-corrected chi connectivity index (χ0v) is 13.4. The van der Waals surface area contributed by atoms with Crippen molar-refractivity contribution in [2.24, 2.45) is 5.92 Å². The highest BCUT2D eigenvalue weighted by molar-refractivity contribution is 5.95. The summed E-state index contributed by atoms with van der Waals surface area (Å²) in [5, 5.41) is 2.77. The molecule has 2 heterocycles. The largest absolute Gasteiger partial charge is 0.459 e. The number of carbonyl (C=O) groups is 2. The molecule has 1 unspecified atom stereocenters. The van der Waals surface area contributed by atoms with E-state index in [-0.39, 0.29) is 23.5 Å². The minimum Gasteiger partial charge on any atom is -0.459 e. The van der Waals surface area contributed by atoms with E-state index in [9.17, 15) is 14.0 Å². The minimum absolute atomic E-state index is 0.194. The maximum absolute atomic E-state index is 13.4. The number of rotatable bonds is 3. The Balaban J connectivity index is 1.67. The predicted molar refractivity (Wildman–Crippen MR) is 87.1 cm³/mol. The molecule has 0 aliphatic carbocycles. The van der Waals surface area contributed by atoms with Gasteiger partial charge in [0, 0.05) is 18.8 Å². The molecule has 1 aliphatic heterocycles. The molecule has 1 aromatic carbocycles. The third-order valence-electron chi connectivity index (χ3n) is 4.27. The lowest BCUT2D eigenvalue weighted by Crippen LogP contribution is -2.43. The molecule has 1 aromatic heterocycles. The van der Waals surface area contributed by atoms with Crippen LogP contribution in [0.4, 0.5) is 10.1 Å². The summed E-state index contributed by atoms with van der Waals surface area (Å²) in [6.45, 7) is 2.74. The van der Waals surface area contributed by atoms with Crippen LogP contribution in [0.5, 0.6) is 0 Å². The lowest BCUT2D eigenvalue weighted by atomic mass is 9.96. The number of aryl methyl sites for hydroxylation is 1. The standard InChI is InChI=1S/C18H19FN2O3/c1-12-6-7-14(19)10-15(12)20-17(22)13-4-2-8-21(11-13)18(23)16-5-3-9-24-16/h3,5-7,9-10,13H,2,4,8,11H2,1H3,(H,20,22). The van der Waals surface area contributed by atoms with Crippen LogP contribution in [-0.4, -0.2) is 29.8 Å². The van der Waals surface area contributed by atoms with Crippen LogP contribution in [0.3, 0.4) is 0 Å². The van der Waals surface area contributed by atoms with Gasteiger partial charge in [-0.2, -0.15) is 0 Å². The number of piperidine rings is 1. The molecular weight excluding hydrogens is 311 g/mol. The first kappa shape index (κ1) is 16.2. The van der Waals surface area contributed by atoms with E-state index in [1.54, 1.807) is 23.1 Å². The first-order valence-corrected chi connectivity index (χ1v) is 7.94. The Morgan fingerprint density at radius 2 is 2.17 bits per heavy atom. The molecule has 24 heavy (non-hydrogen) atoms. The van der Waals surface area contributed by atoms with Gasteiger partial charge in [0.15, 0.2) is 5.76 Å². The fourth-order valence-electron chi connectivity index (χ4n) is 2.90. The number of anilines is 1. The molecule has 1 atom stereocenters. The number of halogens is 1. The molecule has 2 aromatic rings. The number of hydrogen-bond acceptors (Lipinski definition) is 3. The second kappa shape index (κ2) is 6.86. The zero-order valence-electron chi connectivity index (χ0n) is 13.4. The molecule has 1 aliphatic rings. The normalized spacial score (nSPS) is 17.6. The van der Waals surface area contributed by atoms with E-state index in [0.29, 0.717) is 25.2 Å². The van der Waals surface area contributed by atoms with Crippen LogP contribution in [0.2, 0.25) is 0 Å². The molecule has 1 saturated heterocycles. The van der Waals surface area contributed by atoms with E-state index >= 15 is 0 Å². The number of nitrogens with zero attached hydrogens (tertiary/aromatic N) is 1. The number of amides is 2. The molecular formula is C18H19FN2O3. The Bertz CT molecular complexity index is 743. The van der Waals surface area contributed by atoms with Crippen LogP contribution in [0.25, 0.3) is 0 Å². The van der Waals surface area contributed by atoms with E-state index in [4.69, 9.17) is 4.42 Å². The molecule has 5 nitrogen and oxygen atoms in total. The third kappa shape index (κ3) is 3.48. The predicted octanol–water partition coefficient (Wildman–Crippen LogP) is 3.22. The van der Waals surface area contributed by atoms with Crippen molar-refractivity contribution in [3.05, 3.63) is 53.7 Å². The molecule has 6 heteroatoms. The van der Waals surface area contributed by atoms with Gasteiger partial charge >= 0.3 is 0 Å². The highest BCUT2D eigenvalue weighted by Gasteiger charge is 2.30. The van der Waals surface area contributed by atoms with Gasteiger partial charge in [0.2, 0.25) is 5.91 Å². The van der Waals surface area contributed by atoms with E-state index < -0.39 is 5.82 Å². The van der Waals surface area contributed by atoms with Crippen molar-refractivity contribution in [2.45, 2.75) is 19.8 Å². The molecule has 3 rings (SSSR count). The average Bonchev–Trinajstić information content (AvgIpc) is 3.12. The summed E-state index contributed by atoms with van der Waals surface area (Å²) >= 11 is 0. The van der Waals surface area contributed by atoms with Crippen LogP contribution in [0.1, 0.15) is 29.0 Å². The first-order chi connectivity index (χ1) is 11.5. The van der Waals surface area contributed by atoms with Crippen molar-refractivity contribution in [3.8, 4) is 0 Å². The summed E-state index contributed by atoms with van der Waals surface area (Å²) in [6, 6.07) is 7.56. The van der Waals surface area contributed by atoms with E-state index in [1.165, 1.54) is 18.4 Å². The highest BCUT2D eigenvalue weighted by atomic mass is 19.1. The van der Waals surface area contributed by atoms with Gasteiger partial charge < -0.3 is 14.6 Å². The monoisotopic (exact) mass is 330 g/mol. The van der Waals surface area contributed by atoms with Gasteiger partial charge in [0.25, 0.3) is 5.91 Å². The van der Waals surface area contributed by atoms with Crippen molar-refractivity contribution in [1.29, 1.82) is 0 Å². The number of likely N-dealkylation sites (tertiary alicyclic amines) is 1. The summed E-state index contributed by atoms with van der Waals surface area (Å²) in [6.07, 6.45) is 2.89. The summed E-state index contributed by atoms with van der Waals surface area (Å²) in [5.41, 5.74) is 1.26. The second-order valence-electron chi connectivity index (χ2n) is 6.02. The Morgan fingerprint density at radius 3 is 2.92 bits per heavy atom. The quantitative estimate of drug-likeness (QED) is 0.940. The fourth-order valence-corrected chi connectivity index (χ4v) is 2.90. The van der Waals surface area contributed by atoms with Gasteiger partial charge in [-0.3, -0.25) is 9.59 Å². The van der Waals surface area contributed by atoms with Crippen LogP contribution < -0.4 is 5.32 Å². The van der Waals surface area contributed by atoms with Gasteiger partial charge in [-0.1, -0.05) is 6.07 Å². The Kier molecular flexibility index (Phi) is 4.64. The molecule has 1 N–H and O–H groups in total. The van der Waals surface area contributed by atoms with Crippen LogP contribution in [-0.2, 0) is 4.79 Å². The Labute approximate surface area is 139 Å². The molecule has 1 fully saturated rings. The van der Waals surface area contributed by atoms with E-state index in [0.717, 1.165) is 12.0 Å². The fraction of sp³-hybridized carbons (Fsp3) is 0.333. The third-order valence-corrected chi connectivity index (χ3v) is 4.27. The van der Waals surface area contributed by atoms with Crippen molar-refractivity contribution in [2.75, 3.05) is 18.4 Å². The van der Waals surface area contributed by atoms with E-state index in [1.807, 2.05) is 6.92 Å². The number of nitrogens with one attached hydrogen (secondary N) is 1. The van der Waals surface area contributed by atoms with Gasteiger partial charge in [-0.15, -0.1) is 0 Å². The summed E-state index contributed by atoms with van der Waals surface area (Å²) in [5.74, 6) is -0.841. The SMILES string of the molecule is Cc1ccc(F)cc1NC(=O)C1CCCN(C(=O)c2ccco2)C1. The summed E-state index contributed by atoms with van der Waals surface area (Å²) < 4.78 is 18.5. The molecule has 126 valence electrons. The molecule has 0 bridgehead atoms. The van der Waals surface area contributed by atoms with Gasteiger partial charge in [-0.25, -0.2) is 4.39 Å². The van der Waals surface area contributed by atoms with Crippen LogP contribution in [0, 0.1) is 18.7 Å². The number of furan rings is 1. The lowest BCUT2D eigenvalue weighted by Gasteiger charge is -2.31. The van der Waals surface area contributed by atoms with Crippen LogP contribution in [0.15, 0.2) is 41.0 Å². The van der Waals surface area contributed by atoms with E-state index in [2.05, 4.69) is 5.32 Å². The Morgan fingerprint density at radius 1 is 1.33 bits per heavy atom. The van der Waals surface area contributed by atoms with Crippen LogP contribution >= 0.6 is 0 Å². The molecule has 2 amide bonds. The molecule has 0 radical (unpaired) electrons. The van der Waals surface area contributed by atoms with Gasteiger partial charge in [0.05, 0.1) is 12.2 Å². The van der Waals surface area contributed by atoms with Crippen molar-refractivity contribution >= 4 is 17.5 Å². The van der Waals surface area contributed by atoms with Gasteiger partial charge in [-0.05, 0) is 49.6 Å². The minimum atomic E-state index is -0.394. The number of benzene rings is 1. The second-order valence-corrected chi connectivity index (χ2v) is 6.02. The maximum Gasteiger partial charge on any atom is 0.289 e. The highest BCUT2D eigenvalue weighted by Crippen LogP contribution is 2.22. The molecule has 0 spiro atoms.